The topological polar surface area (TPSA) is 32.7 Å². The number of aliphatic hydroxyl groups excluding tert-OH is 1. The molecule has 0 aliphatic carbocycles. The summed E-state index contributed by atoms with van der Waals surface area (Å²) in [6.45, 7) is 10.2. The Morgan fingerprint density at radius 1 is 1.14 bits per heavy atom. The van der Waals surface area contributed by atoms with Crippen molar-refractivity contribution in [2.75, 3.05) is 12.0 Å². The van der Waals surface area contributed by atoms with E-state index in [1.165, 1.54) is 12.1 Å². The van der Waals surface area contributed by atoms with Crippen LogP contribution in [0.25, 0.3) is 5.57 Å². The fraction of sp³-hybridized carbons (Fsp3) is 0.333. The number of methoxy groups -OCH3 is 1. The average molecular weight is 384 g/mol. The molecule has 0 saturated heterocycles. The summed E-state index contributed by atoms with van der Waals surface area (Å²) in [4.78, 5) is 2.15. The summed E-state index contributed by atoms with van der Waals surface area (Å²) < 4.78 is 18.7. The highest BCUT2D eigenvalue weighted by Crippen LogP contribution is 2.32. The van der Waals surface area contributed by atoms with Gasteiger partial charge in [-0.05, 0) is 56.2 Å². The quantitative estimate of drug-likeness (QED) is 0.629. The number of hydrogen-bond acceptors (Lipinski definition) is 3. The number of hydrogen-bond donors (Lipinski definition) is 1. The van der Waals surface area contributed by atoms with Gasteiger partial charge in [-0.3, -0.25) is 0 Å². The zero-order valence-corrected chi connectivity index (χ0v) is 17.1. The minimum Gasteiger partial charge on any atom is -0.393 e. The van der Waals surface area contributed by atoms with E-state index in [1.54, 1.807) is 26.2 Å². The smallest absolute Gasteiger partial charge is 0.123 e. The Hall–Kier alpha value is -2.43. The van der Waals surface area contributed by atoms with Crippen molar-refractivity contribution >= 4 is 11.3 Å². The summed E-state index contributed by atoms with van der Waals surface area (Å²) in [5.74, 6) is -0.264. The molecule has 2 aromatic rings. The largest absolute Gasteiger partial charge is 0.393 e. The number of benzene rings is 2. The van der Waals surface area contributed by atoms with Gasteiger partial charge >= 0.3 is 0 Å². The molecule has 150 valence electrons. The van der Waals surface area contributed by atoms with Crippen LogP contribution in [0.5, 0.6) is 0 Å². The fourth-order valence-electron chi connectivity index (χ4n) is 3.07. The van der Waals surface area contributed by atoms with Crippen LogP contribution < -0.4 is 4.90 Å². The van der Waals surface area contributed by atoms with Crippen molar-refractivity contribution in [1.29, 1.82) is 0 Å². The molecular formula is C24H30FNO2. The van der Waals surface area contributed by atoms with Crippen molar-refractivity contribution in [1.82, 2.24) is 0 Å². The van der Waals surface area contributed by atoms with Crippen LogP contribution in [0, 0.1) is 5.82 Å². The van der Waals surface area contributed by atoms with Crippen molar-refractivity contribution in [3.63, 3.8) is 0 Å². The Morgan fingerprint density at radius 3 is 2.36 bits per heavy atom. The van der Waals surface area contributed by atoms with Gasteiger partial charge in [0.05, 0.1) is 12.2 Å². The lowest BCUT2D eigenvalue weighted by molar-refractivity contribution is 0.0800. The molecule has 2 atom stereocenters. The molecule has 0 aromatic heterocycles. The van der Waals surface area contributed by atoms with Gasteiger partial charge in [0.25, 0.3) is 0 Å². The van der Waals surface area contributed by atoms with Crippen LogP contribution >= 0.6 is 0 Å². The Balaban J connectivity index is 2.37. The molecular weight excluding hydrogens is 353 g/mol. The summed E-state index contributed by atoms with van der Waals surface area (Å²) >= 11 is 0. The summed E-state index contributed by atoms with van der Waals surface area (Å²) in [7, 11) is 1.64. The first-order valence-corrected chi connectivity index (χ1v) is 9.55. The average Bonchev–Trinajstić information content (AvgIpc) is 2.67. The minimum atomic E-state index is -0.437. The van der Waals surface area contributed by atoms with Gasteiger partial charge in [-0.1, -0.05) is 36.9 Å². The van der Waals surface area contributed by atoms with E-state index < -0.39 is 6.10 Å². The van der Waals surface area contributed by atoms with E-state index in [0.717, 1.165) is 22.4 Å². The molecule has 0 aliphatic rings. The summed E-state index contributed by atoms with van der Waals surface area (Å²) in [5, 5.41) is 9.64. The lowest BCUT2D eigenvalue weighted by atomic mass is 9.97. The van der Waals surface area contributed by atoms with Crippen molar-refractivity contribution in [2.24, 2.45) is 0 Å². The first kappa shape index (κ1) is 21.9. The zero-order valence-electron chi connectivity index (χ0n) is 17.1. The highest BCUT2D eigenvalue weighted by molar-refractivity contribution is 5.85. The molecule has 1 N–H and O–H groups in total. The molecule has 2 unspecified atom stereocenters. The zero-order chi connectivity index (χ0) is 20.7. The van der Waals surface area contributed by atoms with Crippen LogP contribution in [0.15, 0.2) is 67.4 Å². The molecule has 0 heterocycles. The van der Waals surface area contributed by atoms with E-state index in [0.29, 0.717) is 6.42 Å². The molecule has 0 fully saturated rings. The highest BCUT2D eigenvalue weighted by Gasteiger charge is 2.16. The number of aliphatic hydroxyl groups is 1. The third-order valence-electron chi connectivity index (χ3n) is 4.59. The van der Waals surface area contributed by atoms with E-state index >= 15 is 0 Å². The fourth-order valence-corrected chi connectivity index (χ4v) is 3.07. The molecule has 4 heteroatoms. The second-order valence-electron chi connectivity index (χ2n) is 7.20. The Bertz CT molecular complexity index is 797. The molecule has 28 heavy (non-hydrogen) atoms. The van der Waals surface area contributed by atoms with E-state index in [9.17, 15) is 9.50 Å². The highest BCUT2D eigenvalue weighted by atomic mass is 19.1. The minimum absolute atomic E-state index is 0.172. The van der Waals surface area contributed by atoms with Gasteiger partial charge in [0.15, 0.2) is 0 Å². The first-order valence-electron chi connectivity index (χ1n) is 9.55. The predicted molar refractivity (Wildman–Crippen MR) is 115 cm³/mol. The molecule has 2 rings (SSSR count). The van der Waals surface area contributed by atoms with Crippen LogP contribution in [0.3, 0.4) is 0 Å². The Morgan fingerprint density at radius 2 is 1.79 bits per heavy atom. The lowest BCUT2D eigenvalue weighted by Gasteiger charge is -2.29. The second kappa shape index (κ2) is 10.2. The van der Waals surface area contributed by atoms with Crippen molar-refractivity contribution in [3.05, 3.63) is 84.3 Å². The van der Waals surface area contributed by atoms with Crippen molar-refractivity contribution in [2.45, 2.75) is 45.4 Å². The number of ether oxygens (including phenoxy) is 1. The lowest BCUT2D eigenvalue weighted by Crippen LogP contribution is -2.27. The molecule has 0 radical (unpaired) electrons. The summed E-state index contributed by atoms with van der Waals surface area (Å²) in [5.41, 5.74) is 3.71. The van der Waals surface area contributed by atoms with Gasteiger partial charge in [-0.25, -0.2) is 4.39 Å². The van der Waals surface area contributed by atoms with Crippen molar-refractivity contribution < 1.29 is 14.2 Å². The molecule has 3 nitrogen and oxygen atoms in total. The Kier molecular flexibility index (Phi) is 7.97. The maximum atomic E-state index is 13.3. The number of anilines is 1. The van der Waals surface area contributed by atoms with E-state index in [2.05, 4.69) is 25.3 Å². The van der Waals surface area contributed by atoms with Gasteiger partial charge in [0, 0.05) is 37.0 Å². The Labute approximate surface area is 167 Å². The standard InChI is InChI=1S/C24H30FNO2/c1-17(2)26(15-14-22(28-5)16-18(3)27)24-9-7-6-8-23(24)19(4)20-10-12-21(25)13-11-20/h6-15,17-18,22,27H,4,16H2,1-3,5H3/b15-14+. The van der Waals surface area contributed by atoms with Gasteiger partial charge < -0.3 is 14.7 Å². The molecule has 0 saturated carbocycles. The van der Waals surface area contributed by atoms with Crippen molar-refractivity contribution in [3.8, 4) is 0 Å². The first-order chi connectivity index (χ1) is 13.3. The van der Waals surface area contributed by atoms with Crippen LogP contribution in [0.1, 0.15) is 38.3 Å². The van der Waals surface area contributed by atoms with E-state index in [1.807, 2.05) is 36.5 Å². The maximum absolute atomic E-state index is 13.3. The van der Waals surface area contributed by atoms with Crippen LogP contribution in [0.2, 0.25) is 0 Å². The summed E-state index contributed by atoms with van der Waals surface area (Å²) in [6.07, 6.45) is 3.88. The van der Waals surface area contributed by atoms with Gasteiger partial charge in [0.1, 0.15) is 5.82 Å². The normalized spacial score (nSPS) is 13.7. The number of nitrogens with zero attached hydrogens (tertiary/aromatic N) is 1. The third-order valence-corrected chi connectivity index (χ3v) is 4.59. The predicted octanol–water partition coefficient (Wildman–Crippen LogP) is 5.40. The molecule has 0 aliphatic heterocycles. The monoisotopic (exact) mass is 383 g/mol. The van der Waals surface area contributed by atoms with Gasteiger partial charge in [-0.2, -0.15) is 0 Å². The molecule has 0 amide bonds. The van der Waals surface area contributed by atoms with Crippen LogP contribution in [-0.4, -0.2) is 30.5 Å². The molecule has 0 spiro atoms. The third kappa shape index (κ3) is 5.78. The van der Waals surface area contributed by atoms with Gasteiger partial charge in [-0.15, -0.1) is 0 Å². The number of rotatable bonds is 9. The second-order valence-corrected chi connectivity index (χ2v) is 7.20. The van der Waals surface area contributed by atoms with Crippen LogP contribution in [-0.2, 0) is 4.74 Å². The molecule has 2 aromatic carbocycles. The van der Waals surface area contributed by atoms with E-state index in [-0.39, 0.29) is 18.0 Å². The van der Waals surface area contributed by atoms with E-state index in [4.69, 9.17) is 4.74 Å². The molecule has 0 bridgehead atoms. The number of para-hydroxylation sites is 1. The number of halogens is 1. The maximum Gasteiger partial charge on any atom is 0.123 e. The van der Waals surface area contributed by atoms with Crippen LogP contribution in [0.4, 0.5) is 10.1 Å². The SMILES string of the molecule is C=C(c1ccc(F)cc1)c1ccccc1N(/C=C/C(CC(C)O)OC)C(C)C. The van der Waals surface area contributed by atoms with Gasteiger partial charge in [0.2, 0.25) is 0 Å². The summed E-state index contributed by atoms with van der Waals surface area (Å²) in [6, 6.07) is 14.6.